The fourth-order valence-electron chi connectivity index (χ4n) is 6.13. The largest absolute Gasteiger partial charge is 0.349 e. The topological polar surface area (TPSA) is 58.2 Å². The molecule has 0 heterocycles. The van der Waals surface area contributed by atoms with Gasteiger partial charge in [-0.25, -0.2) is 0 Å². The standard InChI is InChI=1S/C29H36Cl2N2O2/c1-18-15-20(11-13-26(18)32-28(34)22-7-3-5-9-24(22)30)17-21-12-14-27(19(2)16-21)33-29(35)23-8-4-6-10-25(23)31/h3-10,18-21,26-27H,11-17H2,1-2H3,(H,32,34)(H,33,35). The van der Waals surface area contributed by atoms with Crippen LogP contribution in [0.25, 0.3) is 0 Å². The average Bonchev–Trinajstić information content (AvgIpc) is 2.83. The van der Waals surface area contributed by atoms with Gasteiger partial charge in [0.15, 0.2) is 0 Å². The van der Waals surface area contributed by atoms with E-state index in [1.54, 1.807) is 24.3 Å². The van der Waals surface area contributed by atoms with Crippen LogP contribution in [0.4, 0.5) is 0 Å². The summed E-state index contributed by atoms with van der Waals surface area (Å²) in [6.45, 7) is 4.51. The van der Waals surface area contributed by atoms with Gasteiger partial charge in [-0.1, -0.05) is 61.3 Å². The van der Waals surface area contributed by atoms with Crippen LogP contribution in [0.5, 0.6) is 0 Å². The summed E-state index contributed by atoms with van der Waals surface area (Å²) in [6, 6.07) is 14.9. The third-order valence-electron chi connectivity index (χ3n) is 8.09. The molecule has 2 aromatic rings. The monoisotopic (exact) mass is 514 g/mol. The molecule has 2 saturated carbocycles. The lowest BCUT2D eigenvalue weighted by atomic mass is 9.70. The van der Waals surface area contributed by atoms with E-state index in [1.165, 1.54) is 6.42 Å². The summed E-state index contributed by atoms with van der Waals surface area (Å²) in [4.78, 5) is 25.4. The van der Waals surface area contributed by atoms with Crippen LogP contribution >= 0.6 is 23.2 Å². The molecule has 6 atom stereocenters. The summed E-state index contributed by atoms with van der Waals surface area (Å²) in [7, 11) is 0. The van der Waals surface area contributed by atoms with Gasteiger partial charge in [0, 0.05) is 12.1 Å². The van der Waals surface area contributed by atoms with E-state index in [9.17, 15) is 9.59 Å². The van der Waals surface area contributed by atoms with Crippen molar-refractivity contribution >= 4 is 35.0 Å². The molecule has 35 heavy (non-hydrogen) atoms. The fourth-order valence-corrected chi connectivity index (χ4v) is 6.57. The van der Waals surface area contributed by atoms with E-state index in [-0.39, 0.29) is 23.9 Å². The van der Waals surface area contributed by atoms with Gasteiger partial charge < -0.3 is 10.6 Å². The zero-order chi connectivity index (χ0) is 24.9. The molecule has 2 N–H and O–H groups in total. The van der Waals surface area contributed by atoms with E-state index in [1.807, 2.05) is 24.3 Å². The molecule has 0 radical (unpaired) electrons. The number of carbonyl (C=O) groups is 2. The van der Waals surface area contributed by atoms with E-state index >= 15 is 0 Å². The number of benzene rings is 2. The molecule has 2 fully saturated rings. The molecule has 2 aliphatic carbocycles. The Kier molecular flexibility index (Phi) is 8.77. The van der Waals surface area contributed by atoms with E-state index in [0.717, 1.165) is 38.5 Å². The van der Waals surface area contributed by atoms with E-state index in [2.05, 4.69) is 24.5 Å². The van der Waals surface area contributed by atoms with Gasteiger partial charge in [0.25, 0.3) is 11.8 Å². The van der Waals surface area contributed by atoms with Crippen molar-refractivity contribution in [3.05, 3.63) is 69.7 Å². The van der Waals surface area contributed by atoms with Crippen LogP contribution in [0, 0.1) is 23.7 Å². The van der Waals surface area contributed by atoms with Crippen LogP contribution in [-0.4, -0.2) is 23.9 Å². The normalized spacial score (nSPS) is 28.8. The van der Waals surface area contributed by atoms with Crippen molar-refractivity contribution in [1.82, 2.24) is 10.6 Å². The molecule has 6 unspecified atom stereocenters. The highest BCUT2D eigenvalue weighted by atomic mass is 35.5. The number of rotatable bonds is 6. The summed E-state index contributed by atoms with van der Waals surface area (Å²) >= 11 is 12.4. The number of carbonyl (C=O) groups excluding carboxylic acids is 2. The van der Waals surface area contributed by atoms with Gasteiger partial charge in [-0.15, -0.1) is 0 Å². The second-order valence-electron chi connectivity index (χ2n) is 10.7. The number of nitrogens with one attached hydrogen (secondary N) is 2. The molecule has 2 aliphatic rings. The van der Waals surface area contributed by atoms with Crippen molar-refractivity contribution in [2.45, 2.75) is 70.9 Å². The summed E-state index contributed by atoms with van der Waals surface area (Å²) in [5, 5.41) is 7.45. The first-order chi connectivity index (χ1) is 16.8. The molecule has 4 rings (SSSR count). The van der Waals surface area contributed by atoms with Crippen LogP contribution in [0.15, 0.2) is 48.5 Å². The Morgan fingerprint density at radius 3 is 1.49 bits per heavy atom. The Balaban J connectivity index is 1.23. The molecule has 0 saturated heterocycles. The van der Waals surface area contributed by atoms with E-state index in [0.29, 0.717) is 44.8 Å². The lowest BCUT2D eigenvalue weighted by Crippen LogP contribution is -2.44. The summed E-state index contributed by atoms with van der Waals surface area (Å²) < 4.78 is 0. The molecule has 2 aromatic carbocycles. The van der Waals surface area contributed by atoms with Crippen molar-refractivity contribution < 1.29 is 9.59 Å². The molecular weight excluding hydrogens is 479 g/mol. The summed E-state index contributed by atoms with van der Waals surface area (Å²) in [6.07, 6.45) is 7.85. The van der Waals surface area contributed by atoms with Crippen LogP contribution in [0.3, 0.4) is 0 Å². The van der Waals surface area contributed by atoms with Crippen molar-refractivity contribution in [2.75, 3.05) is 0 Å². The lowest BCUT2D eigenvalue weighted by molar-refractivity contribution is 0.0869. The number of hydrogen-bond acceptors (Lipinski definition) is 2. The second kappa shape index (κ2) is 11.8. The first-order valence-corrected chi connectivity index (χ1v) is 13.7. The maximum absolute atomic E-state index is 12.7. The molecule has 0 bridgehead atoms. The number of halogens is 2. The van der Waals surface area contributed by atoms with Gasteiger partial charge in [-0.3, -0.25) is 9.59 Å². The van der Waals surface area contributed by atoms with Gasteiger partial charge in [0.05, 0.1) is 21.2 Å². The molecular formula is C29H36Cl2N2O2. The second-order valence-corrected chi connectivity index (χ2v) is 11.5. The van der Waals surface area contributed by atoms with Gasteiger partial charge in [0.1, 0.15) is 0 Å². The predicted molar refractivity (Wildman–Crippen MR) is 143 cm³/mol. The minimum Gasteiger partial charge on any atom is -0.349 e. The maximum atomic E-state index is 12.7. The first-order valence-electron chi connectivity index (χ1n) is 12.9. The molecule has 0 aliphatic heterocycles. The zero-order valence-corrected chi connectivity index (χ0v) is 22.1. The fraction of sp³-hybridized carbons (Fsp3) is 0.517. The lowest BCUT2D eigenvalue weighted by Gasteiger charge is -2.39. The molecule has 4 nitrogen and oxygen atoms in total. The molecule has 0 spiro atoms. The van der Waals surface area contributed by atoms with Gasteiger partial charge in [-0.2, -0.15) is 0 Å². The van der Waals surface area contributed by atoms with Crippen LogP contribution in [-0.2, 0) is 0 Å². The van der Waals surface area contributed by atoms with Crippen molar-refractivity contribution in [2.24, 2.45) is 23.7 Å². The maximum Gasteiger partial charge on any atom is 0.253 e. The predicted octanol–water partition coefficient (Wildman–Crippen LogP) is 7.15. The van der Waals surface area contributed by atoms with E-state index < -0.39 is 0 Å². The SMILES string of the molecule is CC1CC(CC2CCC(NC(=O)c3ccccc3Cl)C(C)C2)CCC1NC(=O)c1ccccc1Cl. The Hall–Kier alpha value is -2.04. The Morgan fingerprint density at radius 1 is 0.714 bits per heavy atom. The first kappa shape index (κ1) is 26.0. The van der Waals surface area contributed by atoms with Gasteiger partial charge in [-0.05, 0) is 92.9 Å². The van der Waals surface area contributed by atoms with Crippen molar-refractivity contribution in [1.29, 1.82) is 0 Å². The zero-order valence-electron chi connectivity index (χ0n) is 20.6. The highest BCUT2D eigenvalue weighted by Gasteiger charge is 2.34. The molecule has 6 heteroatoms. The van der Waals surface area contributed by atoms with Crippen LogP contribution in [0.2, 0.25) is 10.0 Å². The molecule has 0 aromatic heterocycles. The summed E-state index contributed by atoms with van der Waals surface area (Å²) in [5.74, 6) is 2.15. The molecule has 2 amide bonds. The Labute approximate surface area is 219 Å². The average molecular weight is 516 g/mol. The molecule has 188 valence electrons. The summed E-state index contributed by atoms with van der Waals surface area (Å²) in [5.41, 5.74) is 1.10. The number of amides is 2. The Bertz CT molecular complexity index is 961. The number of hydrogen-bond donors (Lipinski definition) is 2. The smallest absolute Gasteiger partial charge is 0.253 e. The van der Waals surface area contributed by atoms with Gasteiger partial charge >= 0.3 is 0 Å². The quantitative estimate of drug-likeness (QED) is 0.429. The van der Waals surface area contributed by atoms with Crippen LogP contribution in [0.1, 0.15) is 79.5 Å². The minimum absolute atomic E-state index is 0.0723. The van der Waals surface area contributed by atoms with Crippen molar-refractivity contribution in [3.8, 4) is 0 Å². The Morgan fingerprint density at radius 2 is 1.11 bits per heavy atom. The van der Waals surface area contributed by atoms with Gasteiger partial charge in [0.2, 0.25) is 0 Å². The highest BCUT2D eigenvalue weighted by molar-refractivity contribution is 6.34. The van der Waals surface area contributed by atoms with E-state index in [4.69, 9.17) is 23.2 Å². The van der Waals surface area contributed by atoms with Crippen LogP contribution < -0.4 is 10.6 Å². The third-order valence-corrected chi connectivity index (χ3v) is 8.75. The minimum atomic E-state index is -0.0723. The third kappa shape index (κ3) is 6.59. The van der Waals surface area contributed by atoms with Crippen molar-refractivity contribution in [3.63, 3.8) is 0 Å². The highest BCUT2D eigenvalue weighted by Crippen LogP contribution is 2.39.